The molecule has 0 amide bonds. The van der Waals surface area contributed by atoms with Gasteiger partial charge in [-0.1, -0.05) is 18.2 Å². The molecule has 2 rings (SSSR count). The van der Waals surface area contributed by atoms with E-state index in [9.17, 15) is 4.79 Å². The summed E-state index contributed by atoms with van der Waals surface area (Å²) in [6.45, 7) is 1.06. The fourth-order valence-corrected chi connectivity index (χ4v) is 1.83. The molecule has 0 saturated carbocycles. The maximum atomic E-state index is 10.8. The van der Waals surface area contributed by atoms with Crippen LogP contribution in [0, 0.1) is 0 Å². The fraction of sp³-hybridized carbons (Fsp3) is 0.235. The smallest absolute Gasteiger partial charge is 0.161 e. The van der Waals surface area contributed by atoms with E-state index in [4.69, 9.17) is 14.2 Å². The topological polar surface area (TPSA) is 44.8 Å². The van der Waals surface area contributed by atoms with Crippen LogP contribution in [-0.4, -0.2) is 26.6 Å². The summed E-state index contributed by atoms with van der Waals surface area (Å²) in [4.78, 5) is 10.8. The maximum Gasteiger partial charge on any atom is 0.161 e. The molecule has 0 aliphatic carbocycles. The number of carbonyl (C=O) groups is 1. The molecule has 0 unspecified atom stereocenters. The highest BCUT2D eigenvalue weighted by molar-refractivity contribution is 5.76. The van der Waals surface area contributed by atoms with Crippen molar-refractivity contribution in [3.8, 4) is 17.2 Å². The molecular weight excluding hydrogens is 268 g/mol. The molecule has 0 aromatic heterocycles. The summed E-state index contributed by atoms with van der Waals surface area (Å²) in [6, 6.07) is 14.7. The maximum absolute atomic E-state index is 10.8. The number of methoxy groups -OCH3 is 1. The summed E-state index contributed by atoms with van der Waals surface area (Å²) in [5, 5.41) is 0. The number of para-hydroxylation sites is 1. The minimum atomic E-state index is 0.492. The quantitative estimate of drug-likeness (QED) is 0.551. The number of carbonyl (C=O) groups excluding carboxylic acids is 1. The molecule has 2 aromatic rings. The van der Waals surface area contributed by atoms with Crippen LogP contribution in [0.3, 0.4) is 0 Å². The molecular formula is C17H18O4. The van der Waals surface area contributed by atoms with Crippen LogP contribution >= 0.6 is 0 Å². The van der Waals surface area contributed by atoms with Gasteiger partial charge in [0.25, 0.3) is 0 Å². The van der Waals surface area contributed by atoms with Gasteiger partial charge < -0.3 is 14.2 Å². The van der Waals surface area contributed by atoms with Crippen molar-refractivity contribution in [3.63, 3.8) is 0 Å². The van der Waals surface area contributed by atoms with Gasteiger partial charge in [-0.05, 0) is 30.3 Å². The zero-order chi connectivity index (χ0) is 14.9. The Kier molecular flexibility index (Phi) is 5.64. The van der Waals surface area contributed by atoms with E-state index in [-0.39, 0.29) is 0 Å². The molecule has 4 heteroatoms. The Bertz CT molecular complexity index is 566. The second-order valence-electron chi connectivity index (χ2n) is 4.39. The lowest BCUT2D eigenvalue weighted by Crippen LogP contribution is -2.06. The van der Waals surface area contributed by atoms with Gasteiger partial charge in [-0.3, -0.25) is 4.79 Å². The molecule has 0 fully saturated rings. The third kappa shape index (κ3) is 4.53. The Labute approximate surface area is 124 Å². The van der Waals surface area contributed by atoms with Crippen LogP contribution < -0.4 is 14.2 Å². The summed E-state index contributed by atoms with van der Waals surface area (Å²) in [6.07, 6.45) is 1.52. The molecule has 0 N–H and O–H groups in total. The lowest BCUT2D eigenvalue weighted by Gasteiger charge is -2.11. The second-order valence-corrected chi connectivity index (χ2v) is 4.39. The van der Waals surface area contributed by atoms with Crippen LogP contribution in [-0.2, 0) is 0 Å². The number of aldehydes is 1. The summed E-state index contributed by atoms with van der Waals surface area (Å²) in [5.41, 5.74) is 0.561. The van der Waals surface area contributed by atoms with E-state index >= 15 is 0 Å². The third-order valence-corrected chi connectivity index (χ3v) is 2.88. The van der Waals surface area contributed by atoms with E-state index in [1.165, 1.54) is 0 Å². The summed E-state index contributed by atoms with van der Waals surface area (Å²) in [5.74, 6) is 2.03. The van der Waals surface area contributed by atoms with Gasteiger partial charge in [0, 0.05) is 12.0 Å². The molecule has 2 aromatic carbocycles. The zero-order valence-electron chi connectivity index (χ0n) is 12.0. The zero-order valence-corrected chi connectivity index (χ0v) is 12.0. The van der Waals surface area contributed by atoms with Crippen LogP contribution in [0.25, 0.3) is 0 Å². The number of ether oxygens (including phenoxy) is 3. The predicted octanol–water partition coefficient (Wildman–Crippen LogP) is 3.36. The molecule has 0 aliphatic heterocycles. The van der Waals surface area contributed by atoms with Gasteiger partial charge in [0.1, 0.15) is 12.0 Å². The highest BCUT2D eigenvalue weighted by Crippen LogP contribution is 2.27. The number of rotatable bonds is 8. The van der Waals surface area contributed by atoms with Crippen LogP contribution in [0.2, 0.25) is 0 Å². The lowest BCUT2D eigenvalue weighted by atomic mass is 10.2. The van der Waals surface area contributed by atoms with E-state index in [0.29, 0.717) is 30.3 Å². The minimum Gasteiger partial charge on any atom is -0.493 e. The average molecular weight is 286 g/mol. The monoisotopic (exact) mass is 286 g/mol. The van der Waals surface area contributed by atoms with Crippen molar-refractivity contribution in [1.29, 1.82) is 0 Å². The molecule has 4 nitrogen and oxygen atoms in total. The van der Waals surface area contributed by atoms with Crippen molar-refractivity contribution in [2.75, 3.05) is 20.3 Å². The first kappa shape index (κ1) is 14.9. The van der Waals surface area contributed by atoms with Crippen molar-refractivity contribution in [3.05, 3.63) is 54.1 Å². The predicted molar refractivity (Wildman–Crippen MR) is 80.4 cm³/mol. The van der Waals surface area contributed by atoms with E-state index < -0.39 is 0 Å². The van der Waals surface area contributed by atoms with Crippen LogP contribution in [0.1, 0.15) is 16.8 Å². The van der Waals surface area contributed by atoms with Crippen molar-refractivity contribution in [2.24, 2.45) is 0 Å². The van der Waals surface area contributed by atoms with E-state index in [1.54, 1.807) is 25.3 Å². The Hall–Kier alpha value is -2.49. The number of benzene rings is 2. The largest absolute Gasteiger partial charge is 0.493 e. The molecule has 0 heterocycles. The first-order valence-electron chi connectivity index (χ1n) is 6.77. The van der Waals surface area contributed by atoms with Crippen molar-refractivity contribution >= 4 is 6.29 Å². The van der Waals surface area contributed by atoms with Gasteiger partial charge in [-0.25, -0.2) is 0 Å². The summed E-state index contributed by atoms with van der Waals surface area (Å²) < 4.78 is 16.4. The van der Waals surface area contributed by atoms with Crippen LogP contribution in [0.4, 0.5) is 0 Å². The fourth-order valence-electron chi connectivity index (χ4n) is 1.83. The molecule has 0 atom stereocenters. The average Bonchev–Trinajstić information content (AvgIpc) is 2.55. The Morgan fingerprint density at radius 3 is 2.43 bits per heavy atom. The summed E-state index contributed by atoms with van der Waals surface area (Å²) >= 11 is 0. The molecule has 0 radical (unpaired) electrons. The van der Waals surface area contributed by atoms with Gasteiger partial charge >= 0.3 is 0 Å². The highest BCUT2D eigenvalue weighted by Gasteiger charge is 2.05. The Balaban J connectivity index is 1.79. The molecule has 0 spiro atoms. The molecule has 0 bridgehead atoms. The number of hydrogen-bond donors (Lipinski definition) is 0. The van der Waals surface area contributed by atoms with Crippen LogP contribution in [0.5, 0.6) is 17.2 Å². The van der Waals surface area contributed by atoms with Gasteiger partial charge in [-0.2, -0.15) is 0 Å². The normalized spacial score (nSPS) is 9.95. The summed E-state index contributed by atoms with van der Waals surface area (Å²) in [7, 11) is 1.57. The molecule has 0 saturated heterocycles. The van der Waals surface area contributed by atoms with E-state index in [0.717, 1.165) is 18.5 Å². The minimum absolute atomic E-state index is 0.492. The number of hydrogen-bond acceptors (Lipinski definition) is 4. The van der Waals surface area contributed by atoms with Gasteiger partial charge in [0.15, 0.2) is 11.5 Å². The van der Waals surface area contributed by atoms with Gasteiger partial charge in [0.2, 0.25) is 0 Å². The van der Waals surface area contributed by atoms with Gasteiger partial charge in [-0.15, -0.1) is 0 Å². The molecule has 21 heavy (non-hydrogen) atoms. The highest BCUT2D eigenvalue weighted by atomic mass is 16.5. The van der Waals surface area contributed by atoms with E-state index in [2.05, 4.69) is 0 Å². The third-order valence-electron chi connectivity index (χ3n) is 2.88. The standard InChI is InChI=1S/C17H18O4/c1-19-16-9-8-14(13-18)12-17(16)21-11-5-10-20-15-6-3-2-4-7-15/h2-4,6-9,12-13H,5,10-11H2,1H3. The molecule has 0 aliphatic rings. The van der Waals surface area contributed by atoms with Crippen molar-refractivity contribution in [2.45, 2.75) is 6.42 Å². The SMILES string of the molecule is COc1ccc(C=O)cc1OCCCOc1ccccc1. The van der Waals surface area contributed by atoms with Gasteiger partial charge in [0.05, 0.1) is 20.3 Å². The lowest BCUT2D eigenvalue weighted by molar-refractivity contribution is 0.112. The first-order valence-corrected chi connectivity index (χ1v) is 6.77. The van der Waals surface area contributed by atoms with E-state index in [1.807, 2.05) is 30.3 Å². The first-order chi connectivity index (χ1) is 10.3. The Morgan fingerprint density at radius 2 is 1.71 bits per heavy atom. The van der Waals surface area contributed by atoms with Crippen molar-refractivity contribution in [1.82, 2.24) is 0 Å². The second kappa shape index (κ2) is 7.94. The Morgan fingerprint density at radius 1 is 0.952 bits per heavy atom. The molecule has 110 valence electrons. The van der Waals surface area contributed by atoms with Crippen molar-refractivity contribution < 1.29 is 19.0 Å². The van der Waals surface area contributed by atoms with Crippen LogP contribution in [0.15, 0.2) is 48.5 Å².